The minimum Gasteiger partial charge on any atom is -0.378 e. The Morgan fingerprint density at radius 3 is 3.00 bits per heavy atom. The molecule has 2 N–H and O–H groups in total. The number of rotatable bonds is 4. The average Bonchev–Trinajstić information content (AvgIpc) is 3.06. The first kappa shape index (κ1) is 15.9. The summed E-state index contributed by atoms with van der Waals surface area (Å²) in [6.45, 7) is 3.63. The van der Waals surface area contributed by atoms with Crippen molar-refractivity contribution in [3.8, 4) is 0 Å². The van der Waals surface area contributed by atoms with Crippen molar-refractivity contribution in [1.82, 2.24) is 20.2 Å². The highest BCUT2D eigenvalue weighted by Gasteiger charge is 2.59. The van der Waals surface area contributed by atoms with Crippen LogP contribution >= 0.6 is 0 Å². The Labute approximate surface area is 143 Å². The number of amides is 2. The molecule has 132 valence electrons. The molecule has 6 heteroatoms. The molecule has 3 atom stereocenters. The summed E-state index contributed by atoms with van der Waals surface area (Å²) in [5, 5.41) is 3.32. The third-order valence-electron chi connectivity index (χ3n) is 6.33. The summed E-state index contributed by atoms with van der Waals surface area (Å²) in [5.74, 6) is 0.906. The van der Waals surface area contributed by atoms with Crippen molar-refractivity contribution >= 4 is 6.03 Å². The second-order valence-electron chi connectivity index (χ2n) is 7.45. The molecule has 24 heavy (non-hydrogen) atoms. The number of hydrogen-bond acceptors (Lipinski definition) is 3. The van der Waals surface area contributed by atoms with Crippen LogP contribution in [0.25, 0.3) is 0 Å². The highest BCUT2D eigenvalue weighted by atomic mass is 16.5. The second-order valence-corrected chi connectivity index (χ2v) is 7.45. The summed E-state index contributed by atoms with van der Waals surface area (Å²) in [6.07, 6.45) is 11.7. The number of H-pyrrole nitrogens is 1. The van der Waals surface area contributed by atoms with E-state index in [4.69, 9.17) is 4.74 Å². The average molecular weight is 332 g/mol. The third-order valence-corrected chi connectivity index (χ3v) is 6.33. The Morgan fingerprint density at radius 2 is 2.33 bits per heavy atom. The Hall–Kier alpha value is -1.56. The van der Waals surface area contributed by atoms with Crippen LogP contribution in [-0.4, -0.2) is 46.2 Å². The Balaban J connectivity index is 1.42. The number of carbonyl (C=O) groups excluding carboxylic acids is 1. The number of carbonyl (C=O) groups is 1. The van der Waals surface area contributed by atoms with E-state index in [0.29, 0.717) is 6.10 Å². The smallest absolute Gasteiger partial charge is 0.318 e. The predicted octanol–water partition coefficient (Wildman–Crippen LogP) is 2.99. The molecule has 4 rings (SSSR count). The van der Waals surface area contributed by atoms with Crippen LogP contribution in [-0.2, 0) is 4.74 Å². The van der Waals surface area contributed by atoms with Gasteiger partial charge in [0.2, 0.25) is 0 Å². The van der Waals surface area contributed by atoms with Crippen LogP contribution in [0.3, 0.4) is 0 Å². The van der Waals surface area contributed by atoms with E-state index >= 15 is 0 Å². The van der Waals surface area contributed by atoms with Crippen molar-refractivity contribution in [2.24, 2.45) is 5.41 Å². The van der Waals surface area contributed by atoms with E-state index in [-0.39, 0.29) is 23.5 Å². The normalized spacial score (nSPS) is 31.4. The van der Waals surface area contributed by atoms with E-state index in [1.54, 1.807) is 6.20 Å². The second kappa shape index (κ2) is 6.39. The van der Waals surface area contributed by atoms with Gasteiger partial charge >= 0.3 is 6.03 Å². The van der Waals surface area contributed by atoms with Crippen LogP contribution < -0.4 is 5.32 Å². The molecule has 2 amide bonds. The first-order valence-corrected chi connectivity index (χ1v) is 9.42. The van der Waals surface area contributed by atoms with Gasteiger partial charge in [0.15, 0.2) is 0 Å². The van der Waals surface area contributed by atoms with Crippen LogP contribution in [0.1, 0.15) is 63.7 Å². The molecule has 2 saturated carbocycles. The maximum absolute atomic E-state index is 12.9. The zero-order valence-corrected chi connectivity index (χ0v) is 14.5. The van der Waals surface area contributed by atoms with Gasteiger partial charge in [-0.25, -0.2) is 9.78 Å². The summed E-state index contributed by atoms with van der Waals surface area (Å²) in [7, 11) is 0. The fraction of sp³-hybridized carbons (Fsp3) is 0.778. The first-order valence-electron chi connectivity index (χ1n) is 9.42. The van der Waals surface area contributed by atoms with Gasteiger partial charge in [-0.05, 0) is 45.4 Å². The van der Waals surface area contributed by atoms with Crippen LogP contribution in [0.4, 0.5) is 4.79 Å². The molecule has 6 nitrogen and oxygen atoms in total. The van der Waals surface area contributed by atoms with Crippen molar-refractivity contribution in [2.45, 2.75) is 70.1 Å². The minimum atomic E-state index is 0.0716. The van der Waals surface area contributed by atoms with Crippen molar-refractivity contribution in [2.75, 3.05) is 13.2 Å². The van der Waals surface area contributed by atoms with Crippen molar-refractivity contribution in [1.29, 1.82) is 0 Å². The monoisotopic (exact) mass is 332 g/mol. The van der Waals surface area contributed by atoms with E-state index in [2.05, 4.69) is 22.2 Å². The van der Waals surface area contributed by atoms with Gasteiger partial charge in [0.1, 0.15) is 5.82 Å². The summed E-state index contributed by atoms with van der Waals surface area (Å²) in [4.78, 5) is 22.5. The van der Waals surface area contributed by atoms with Crippen LogP contribution in [0.5, 0.6) is 0 Å². The highest BCUT2D eigenvalue weighted by Crippen LogP contribution is 2.57. The van der Waals surface area contributed by atoms with Gasteiger partial charge in [-0.3, -0.25) is 0 Å². The lowest BCUT2D eigenvalue weighted by Crippen LogP contribution is -2.68. The number of aromatic amines is 1. The van der Waals surface area contributed by atoms with Crippen molar-refractivity contribution in [3.05, 3.63) is 18.2 Å². The number of imidazole rings is 1. The number of likely N-dealkylation sites (tertiary alicyclic amines) is 1. The Kier molecular flexibility index (Phi) is 4.24. The molecule has 2 aliphatic carbocycles. The SMILES string of the molecule is CCO[C@@H]1C[C@@H](NC(=O)N2CCCC[C@@H]2c2ncc[nH]2)C12CCC2. The van der Waals surface area contributed by atoms with Gasteiger partial charge in [-0.2, -0.15) is 0 Å². The molecule has 1 aromatic heterocycles. The molecule has 0 aromatic carbocycles. The van der Waals surface area contributed by atoms with Crippen molar-refractivity contribution < 1.29 is 9.53 Å². The quantitative estimate of drug-likeness (QED) is 0.890. The lowest BCUT2D eigenvalue weighted by Gasteiger charge is -2.61. The van der Waals surface area contributed by atoms with Gasteiger partial charge in [-0.1, -0.05) is 6.42 Å². The summed E-state index contributed by atoms with van der Waals surface area (Å²) in [5.41, 5.74) is 0.210. The number of urea groups is 1. The van der Waals surface area contributed by atoms with E-state index in [1.807, 2.05) is 11.1 Å². The standard InChI is InChI=1S/C18H28N4O2/c1-2-24-15-12-14(18(15)7-5-8-18)21-17(23)22-11-4-3-6-13(22)16-19-9-10-20-16/h9-10,13-15H,2-8,11-12H2,1H3,(H,19,20)(H,21,23)/t13-,14-,15-/m1/s1. The Morgan fingerprint density at radius 1 is 1.46 bits per heavy atom. The minimum absolute atomic E-state index is 0.0716. The molecule has 1 spiro atoms. The number of nitrogens with one attached hydrogen (secondary N) is 2. The first-order chi connectivity index (χ1) is 11.7. The third kappa shape index (κ3) is 2.51. The molecule has 0 unspecified atom stereocenters. The highest BCUT2D eigenvalue weighted by molar-refractivity contribution is 5.75. The zero-order chi connectivity index (χ0) is 16.6. The molecule has 1 aromatic rings. The lowest BCUT2D eigenvalue weighted by atomic mass is 9.51. The summed E-state index contributed by atoms with van der Waals surface area (Å²) < 4.78 is 5.89. The fourth-order valence-corrected chi connectivity index (χ4v) is 4.79. The van der Waals surface area contributed by atoms with E-state index < -0.39 is 0 Å². The van der Waals surface area contributed by atoms with Gasteiger partial charge in [-0.15, -0.1) is 0 Å². The molecule has 1 saturated heterocycles. The topological polar surface area (TPSA) is 70.2 Å². The number of ether oxygens (including phenoxy) is 1. The predicted molar refractivity (Wildman–Crippen MR) is 90.5 cm³/mol. The number of nitrogens with zero attached hydrogens (tertiary/aromatic N) is 2. The molecule has 1 aliphatic heterocycles. The van der Waals surface area contributed by atoms with Gasteiger partial charge in [0.05, 0.1) is 12.1 Å². The number of piperidine rings is 1. The maximum atomic E-state index is 12.9. The molecule has 3 fully saturated rings. The van der Waals surface area contributed by atoms with Gasteiger partial charge in [0, 0.05) is 37.0 Å². The molecule has 0 bridgehead atoms. The summed E-state index contributed by atoms with van der Waals surface area (Å²) >= 11 is 0. The fourth-order valence-electron chi connectivity index (χ4n) is 4.79. The van der Waals surface area contributed by atoms with Gasteiger partial charge in [0.25, 0.3) is 0 Å². The largest absolute Gasteiger partial charge is 0.378 e. The van der Waals surface area contributed by atoms with Crippen LogP contribution in [0, 0.1) is 5.41 Å². The molecule has 3 aliphatic rings. The number of aromatic nitrogens is 2. The van der Waals surface area contributed by atoms with E-state index in [9.17, 15) is 4.79 Å². The van der Waals surface area contributed by atoms with Gasteiger partial charge < -0.3 is 19.9 Å². The molecule has 0 radical (unpaired) electrons. The molecular formula is C18H28N4O2. The van der Waals surface area contributed by atoms with E-state index in [0.717, 1.165) is 44.7 Å². The number of hydrogen-bond donors (Lipinski definition) is 2. The maximum Gasteiger partial charge on any atom is 0.318 e. The summed E-state index contributed by atoms with van der Waals surface area (Å²) in [6, 6.07) is 0.422. The molecule has 2 heterocycles. The van der Waals surface area contributed by atoms with E-state index in [1.165, 1.54) is 19.3 Å². The molecular weight excluding hydrogens is 304 g/mol. The Bertz CT molecular complexity index is 570. The lowest BCUT2D eigenvalue weighted by molar-refractivity contribution is -0.170. The van der Waals surface area contributed by atoms with Crippen molar-refractivity contribution in [3.63, 3.8) is 0 Å². The van der Waals surface area contributed by atoms with Crippen LogP contribution in [0.2, 0.25) is 0 Å². The zero-order valence-electron chi connectivity index (χ0n) is 14.5. The van der Waals surface area contributed by atoms with Crippen LogP contribution in [0.15, 0.2) is 12.4 Å².